The standard InChI is InChI=1S/C20H28N6O2S/c1-14(2)13-17-23-24-19(29-17)22-18(27)15(3)21-20(28)26-11-9-25(10-12-26)16-7-5-4-6-8-16/h4-8,14-15H,9-13H2,1-3H3,(H,21,28)(H,22,24,27). The zero-order valence-corrected chi connectivity index (χ0v) is 17.9. The fraction of sp³-hybridized carbons (Fsp3) is 0.500. The molecule has 1 aromatic heterocycles. The molecule has 3 amide bonds. The maximum absolute atomic E-state index is 12.5. The van der Waals surface area contributed by atoms with Gasteiger partial charge < -0.3 is 15.1 Å². The average molecular weight is 417 g/mol. The molecule has 29 heavy (non-hydrogen) atoms. The van der Waals surface area contributed by atoms with Gasteiger partial charge in [-0.15, -0.1) is 10.2 Å². The zero-order chi connectivity index (χ0) is 20.8. The van der Waals surface area contributed by atoms with E-state index in [9.17, 15) is 9.59 Å². The van der Waals surface area contributed by atoms with Crippen LogP contribution in [0.5, 0.6) is 0 Å². The molecule has 156 valence electrons. The molecule has 1 aromatic carbocycles. The number of nitrogens with zero attached hydrogens (tertiary/aromatic N) is 4. The van der Waals surface area contributed by atoms with Crippen molar-refractivity contribution >= 4 is 34.1 Å². The van der Waals surface area contributed by atoms with E-state index in [0.29, 0.717) is 24.1 Å². The highest BCUT2D eigenvalue weighted by molar-refractivity contribution is 7.15. The van der Waals surface area contributed by atoms with Crippen LogP contribution in [0.2, 0.25) is 0 Å². The highest BCUT2D eigenvalue weighted by atomic mass is 32.1. The van der Waals surface area contributed by atoms with Gasteiger partial charge in [-0.2, -0.15) is 0 Å². The van der Waals surface area contributed by atoms with Gasteiger partial charge in [0, 0.05) is 38.3 Å². The molecule has 1 unspecified atom stereocenters. The second kappa shape index (κ2) is 9.69. The fourth-order valence-corrected chi connectivity index (χ4v) is 4.05. The van der Waals surface area contributed by atoms with Gasteiger partial charge in [0.2, 0.25) is 11.0 Å². The molecule has 1 fully saturated rings. The van der Waals surface area contributed by atoms with Gasteiger partial charge in [-0.3, -0.25) is 10.1 Å². The summed E-state index contributed by atoms with van der Waals surface area (Å²) in [5.74, 6) is 0.181. The van der Waals surface area contributed by atoms with E-state index in [1.54, 1.807) is 11.8 Å². The number of carbonyl (C=O) groups is 2. The molecule has 2 N–H and O–H groups in total. The number of anilines is 2. The molecule has 8 nitrogen and oxygen atoms in total. The van der Waals surface area contributed by atoms with E-state index in [4.69, 9.17) is 0 Å². The number of carbonyl (C=O) groups excluding carboxylic acids is 2. The van der Waals surface area contributed by atoms with Crippen LogP contribution in [0.3, 0.4) is 0 Å². The number of para-hydroxylation sites is 1. The van der Waals surface area contributed by atoms with Crippen molar-refractivity contribution in [3.63, 3.8) is 0 Å². The Morgan fingerprint density at radius 3 is 2.41 bits per heavy atom. The lowest BCUT2D eigenvalue weighted by atomic mass is 10.1. The molecular formula is C20H28N6O2S. The number of hydrogen-bond donors (Lipinski definition) is 2. The first-order valence-electron chi connectivity index (χ1n) is 9.91. The predicted molar refractivity (Wildman–Crippen MR) is 115 cm³/mol. The molecule has 2 aromatic rings. The molecule has 1 atom stereocenters. The van der Waals surface area contributed by atoms with Crippen LogP contribution in [-0.2, 0) is 11.2 Å². The summed E-state index contributed by atoms with van der Waals surface area (Å²) < 4.78 is 0. The molecule has 0 saturated carbocycles. The van der Waals surface area contributed by atoms with Gasteiger partial charge in [0.25, 0.3) is 0 Å². The zero-order valence-electron chi connectivity index (χ0n) is 17.1. The second-order valence-electron chi connectivity index (χ2n) is 7.57. The maximum Gasteiger partial charge on any atom is 0.318 e. The van der Waals surface area contributed by atoms with Crippen LogP contribution in [-0.4, -0.2) is 59.3 Å². The monoisotopic (exact) mass is 416 g/mol. The van der Waals surface area contributed by atoms with Crippen molar-refractivity contribution in [2.24, 2.45) is 5.92 Å². The van der Waals surface area contributed by atoms with Gasteiger partial charge in [0.15, 0.2) is 0 Å². The predicted octanol–water partition coefficient (Wildman–Crippen LogP) is 2.60. The summed E-state index contributed by atoms with van der Waals surface area (Å²) in [6.07, 6.45) is 0.828. The summed E-state index contributed by atoms with van der Waals surface area (Å²) in [5, 5.41) is 15.0. The van der Waals surface area contributed by atoms with Crippen molar-refractivity contribution in [2.75, 3.05) is 36.4 Å². The van der Waals surface area contributed by atoms with E-state index >= 15 is 0 Å². The van der Waals surface area contributed by atoms with Crippen LogP contribution >= 0.6 is 11.3 Å². The van der Waals surface area contributed by atoms with Crippen molar-refractivity contribution in [3.8, 4) is 0 Å². The smallest absolute Gasteiger partial charge is 0.318 e. The molecule has 2 heterocycles. The van der Waals surface area contributed by atoms with Crippen LogP contribution in [0.25, 0.3) is 0 Å². The van der Waals surface area contributed by atoms with Crippen molar-refractivity contribution in [2.45, 2.75) is 33.2 Å². The van der Waals surface area contributed by atoms with Gasteiger partial charge in [-0.1, -0.05) is 43.4 Å². The maximum atomic E-state index is 12.5. The second-order valence-corrected chi connectivity index (χ2v) is 8.63. The number of nitrogens with one attached hydrogen (secondary N) is 2. The number of hydrogen-bond acceptors (Lipinski definition) is 6. The van der Waals surface area contributed by atoms with Crippen LogP contribution in [0.4, 0.5) is 15.6 Å². The van der Waals surface area contributed by atoms with Crippen molar-refractivity contribution in [1.29, 1.82) is 0 Å². The third kappa shape index (κ3) is 5.90. The van der Waals surface area contributed by atoms with Crippen LogP contribution in [0.1, 0.15) is 25.8 Å². The summed E-state index contributed by atoms with van der Waals surface area (Å²) in [7, 11) is 0. The molecule has 1 aliphatic heterocycles. The van der Waals surface area contributed by atoms with E-state index in [1.807, 2.05) is 18.2 Å². The molecule has 0 aliphatic carbocycles. The first kappa shape index (κ1) is 21.0. The molecule has 9 heteroatoms. The van der Waals surface area contributed by atoms with Gasteiger partial charge in [-0.25, -0.2) is 4.79 Å². The molecule has 0 spiro atoms. The van der Waals surface area contributed by atoms with Gasteiger partial charge >= 0.3 is 6.03 Å². The van der Waals surface area contributed by atoms with Crippen molar-refractivity contribution in [1.82, 2.24) is 20.4 Å². The number of piperazine rings is 1. The minimum Gasteiger partial charge on any atom is -0.368 e. The lowest BCUT2D eigenvalue weighted by Crippen LogP contribution is -2.54. The van der Waals surface area contributed by atoms with Gasteiger partial charge in [0.05, 0.1) is 0 Å². The molecule has 1 aliphatic rings. The summed E-state index contributed by atoms with van der Waals surface area (Å²) >= 11 is 1.37. The summed E-state index contributed by atoms with van der Waals surface area (Å²) in [4.78, 5) is 28.9. The van der Waals surface area contributed by atoms with E-state index in [1.165, 1.54) is 11.3 Å². The van der Waals surface area contributed by atoms with Crippen LogP contribution in [0, 0.1) is 5.92 Å². The average Bonchev–Trinajstić information content (AvgIpc) is 3.14. The van der Waals surface area contributed by atoms with E-state index in [0.717, 1.165) is 30.2 Å². The first-order chi connectivity index (χ1) is 13.9. The summed E-state index contributed by atoms with van der Waals surface area (Å²) in [6.45, 7) is 8.65. The number of amides is 3. The largest absolute Gasteiger partial charge is 0.368 e. The van der Waals surface area contributed by atoms with Gasteiger partial charge in [0.1, 0.15) is 11.0 Å². The molecule has 0 radical (unpaired) electrons. The Kier molecular flexibility index (Phi) is 7.03. The Labute approximate surface area is 175 Å². The lowest BCUT2D eigenvalue weighted by molar-refractivity contribution is -0.117. The Balaban J connectivity index is 1.45. The Hall–Kier alpha value is -2.68. The normalized spacial score (nSPS) is 15.3. The van der Waals surface area contributed by atoms with Crippen LogP contribution < -0.4 is 15.5 Å². The van der Waals surface area contributed by atoms with Crippen molar-refractivity contribution in [3.05, 3.63) is 35.3 Å². The highest BCUT2D eigenvalue weighted by Crippen LogP contribution is 2.18. The SMILES string of the molecule is CC(C)Cc1nnc(NC(=O)C(C)NC(=O)N2CCN(c3ccccc3)CC2)s1. The van der Waals surface area contributed by atoms with Crippen molar-refractivity contribution < 1.29 is 9.59 Å². The number of urea groups is 1. The Morgan fingerprint density at radius 1 is 1.07 bits per heavy atom. The number of benzene rings is 1. The van der Waals surface area contributed by atoms with Crippen LogP contribution in [0.15, 0.2) is 30.3 Å². The van der Waals surface area contributed by atoms with E-state index in [2.05, 4.69) is 51.7 Å². The summed E-state index contributed by atoms with van der Waals surface area (Å²) in [5.41, 5.74) is 1.16. The summed E-state index contributed by atoms with van der Waals surface area (Å²) in [6, 6.07) is 9.28. The minimum absolute atomic E-state index is 0.224. The first-order valence-corrected chi connectivity index (χ1v) is 10.7. The van der Waals surface area contributed by atoms with Gasteiger partial charge in [-0.05, 0) is 25.0 Å². The Bertz CT molecular complexity index is 817. The molecule has 1 saturated heterocycles. The molecular weight excluding hydrogens is 388 g/mol. The third-order valence-corrected chi connectivity index (χ3v) is 5.56. The fourth-order valence-electron chi connectivity index (χ4n) is 3.10. The topological polar surface area (TPSA) is 90.5 Å². The quantitative estimate of drug-likeness (QED) is 0.755. The molecule has 3 rings (SSSR count). The minimum atomic E-state index is -0.660. The van der Waals surface area contributed by atoms with E-state index < -0.39 is 6.04 Å². The Morgan fingerprint density at radius 2 is 1.76 bits per heavy atom. The lowest BCUT2D eigenvalue weighted by Gasteiger charge is -2.36. The number of aromatic nitrogens is 2. The van der Waals surface area contributed by atoms with E-state index in [-0.39, 0.29) is 11.9 Å². The number of rotatable bonds is 6. The highest BCUT2D eigenvalue weighted by Gasteiger charge is 2.24. The molecule has 0 bridgehead atoms. The third-order valence-electron chi connectivity index (χ3n) is 4.70.